The molecule has 0 amide bonds. The Morgan fingerprint density at radius 3 is 2.18 bits per heavy atom. The summed E-state index contributed by atoms with van der Waals surface area (Å²) >= 11 is 0. The van der Waals surface area contributed by atoms with Gasteiger partial charge in [-0.05, 0) is 12.3 Å². The summed E-state index contributed by atoms with van der Waals surface area (Å²) < 4.78 is 0. The Labute approximate surface area is 69.4 Å². The van der Waals surface area contributed by atoms with Gasteiger partial charge in [-0.3, -0.25) is 0 Å². The van der Waals surface area contributed by atoms with Crippen LogP contribution in [0, 0.1) is 11.3 Å². The monoisotopic (exact) mass is 154 g/mol. The van der Waals surface area contributed by atoms with Gasteiger partial charge in [-0.2, -0.15) is 0 Å². The van der Waals surface area contributed by atoms with Gasteiger partial charge < -0.3 is 5.11 Å². The van der Waals surface area contributed by atoms with Crippen LogP contribution in [0.4, 0.5) is 0 Å². The second kappa shape index (κ2) is 3.72. The molecule has 0 spiro atoms. The normalized spacial score (nSPS) is 14.2. The predicted octanol–water partition coefficient (Wildman–Crippen LogP) is 2.38. The maximum atomic E-state index is 9.05. The third-order valence-electron chi connectivity index (χ3n) is 2.20. The van der Waals surface area contributed by atoms with Gasteiger partial charge in [0.05, 0.1) is 6.61 Å². The smallest absolute Gasteiger partial charge is 0.0504 e. The first kappa shape index (κ1) is 10.4. The van der Waals surface area contributed by atoms with E-state index in [9.17, 15) is 0 Å². The molecule has 0 aliphatic rings. The Balaban J connectivity index is 4.48. The summed E-state index contributed by atoms with van der Waals surface area (Å²) in [5.74, 6) is 0.125. The topological polar surface area (TPSA) is 20.2 Å². The molecule has 1 N–H and O–H groups in total. The van der Waals surface area contributed by atoms with E-state index in [2.05, 4.69) is 27.0 Å². The van der Waals surface area contributed by atoms with Crippen LogP contribution in [-0.2, 0) is 0 Å². The fraction of sp³-hybridized carbons (Fsp3) is 0.600. The van der Waals surface area contributed by atoms with E-state index in [1.54, 1.807) is 0 Å². The van der Waals surface area contributed by atoms with Crippen LogP contribution in [0.3, 0.4) is 0 Å². The van der Waals surface area contributed by atoms with Crippen LogP contribution in [0.25, 0.3) is 0 Å². The third kappa shape index (κ3) is 2.51. The second-order valence-electron chi connectivity index (χ2n) is 3.61. The van der Waals surface area contributed by atoms with Gasteiger partial charge >= 0.3 is 0 Å². The van der Waals surface area contributed by atoms with Crippen molar-refractivity contribution in [3.63, 3.8) is 0 Å². The lowest BCUT2D eigenvalue weighted by Gasteiger charge is -2.30. The van der Waals surface area contributed by atoms with E-state index >= 15 is 0 Å². The Kier molecular flexibility index (Phi) is 3.53. The molecule has 0 aromatic heterocycles. The van der Waals surface area contributed by atoms with E-state index < -0.39 is 0 Å². The van der Waals surface area contributed by atoms with Gasteiger partial charge in [-0.15, -0.1) is 6.58 Å². The standard InChI is InChI=1S/C10H18O/c1-6-10(4,5)9(7-11)8(2)3/h6,9,11H,1-2,7H2,3-5H3. The molecule has 0 aliphatic heterocycles. The minimum absolute atomic E-state index is 0.0550. The van der Waals surface area contributed by atoms with E-state index in [1.165, 1.54) is 0 Å². The van der Waals surface area contributed by atoms with Crippen LogP contribution in [0.2, 0.25) is 0 Å². The number of allylic oxidation sites excluding steroid dienone is 1. The summed E-state index contributed by atoms with van der Waals surface area (Å²) in [6.45, 7) is 13.8. The molecule has 1 atom stereocenters. The van der Waals surface area contributed by atoms with Gasteiger partial charge in [0.2, 0.25) is 0 Å². The van der Waals surface area contributed by atoms with Gasteiger partial charge in [-0.1, -0.05) is 32.1 Å². The molecule has 1 heteroatoms. The molecule has 0 aromatic rings. The van der Waals surface area contributed by atoms with Crippen molar-refractivity contribution in [2.24, 2.45) is 11.3 Å². The zero-order chi connectivity index (χ0) is 9.07. The number of hydrogen-bond acceptors (Lipinski definition) is 1. The minimum atomic E-state index is -0.0550. The van der Waals surface area contributed by atoms with Crippen LogP contribution in [0.5, 0.6) is 0 Å². The molecular formula is C10H18O. The molecule has 1 unspecified atom stereocenters. The molecule has 1 nitrogen and oxygen atoms in total. The Hall–Kier alpha value is -0.560. The molecular weight excluding hydrogens is 136 g/mol. The molecule has 64 valence electrons. The van der Waals surface area contributed by atoms with Crippen molar-refractivity contribution in [1.82, 2.24) is 0 Å². The van der Waals surface area contributed by atoms with Gasteiger partial charge in [0.15, 0.2) is 0 Å². The largest absolute Gasteiger partial charge is 0.396 e. The molecule has 0 heterocycles. The van der Waals surface area contributed by atoms with Gasteiger partial charge in [-0.25, -0.2) is 0 Å². The van der Waals surface area contributed by atoms with Crippen LogP contribution >= 0.6 is 0 Å². The quantitative estimate of drug-likeness (QED) is 0.616. The van der Waals surface area contributed by atoms with Gasteiger partial charge in [0, 0.05) is 5.92 Å². The third-order valence-corrected chi connectivity index (χ3v) is 2.20. The maximum absolute atomic E-state index is 9.05. The van der Waals surface area contributed by atoms with Crippen molar-refractivity contribution in [2.75, 3.05) is 6.61 Å². The number of hydrogen-bond donors (Lipinski definition) is 1. The lowest BCUT2D eigenvalue weighted by molar-refractivity contribution is 0.178. The molecule has 0 radical (unpaired) electrons. The van der Waals surface area contributed by atoms with Crippen LogP contribution < -0.4 is 0 Å². The first-order valence-electron chi connectivity index (χ1n) is 3.85. The van der Waals surface area contributed by atoms with Gasteiger partial charge in [0.1, 0.15) is 0 Å². The molecule has 0 fully saturated rings. The summed E-state index contributed by atoms with van der Waals surface area (Å²) in [6.07, 6.45) is 1.86. The van der Waals surface area contributed by atoms with Gasteiger partial charge in [0.25, 0.3) is 0 Å². The number of aliphatic hydroxyl groups excluding tert-OH is 1. The van der Waals surface area contributed by atoms with Crippen LogP contribution in [0.1, 0.15) is 20.8 Å². The van der Waals surface area contributed by atoms with Crippen molar-refractivity contribution in [3.05, 3.63) is 24.8 Å². The highest BCUT2D eigenvalue weighted by molar-refractivity contribution is 5.07. The average Bonchev–Trinajstić information content (AvgIpc) is 1.88. The summed E-state index contributed by atoms with van der Waals surface area (Å²) in [4.78, 5) is 0. The fourth-order valence-corrected chi connectivity index (χ4v) is 1.17. The van der Waals surface area contributed by atoms with E-state index in [-0.39, 0.29) is 17.9 Å². The molecule has 11 heavy (non-hydrogen) atoms. The Bertz CT molecular complexity index is 156. The zero-order valence-corrected chi connectivity index (χ0v) is 7.72. The first-order valence-corrected chi connectivity index (χ1v) is 3.85. The lowest BCUT2D eigenvalue weighted by Crippen LogP contribution is -2.25. The van der Waals surface area contributed by atoms with Crippen molar-refractivity contribution in [2.45, 2.75) is 20.8 Å². The van der Waals surface area contributed by atoms with E-state index in [0.717, 1.165) is 5.57 Å². The molecule has 0 saturated heterocycles. The maximum Gasteiger partial charge on any atom is 0.0504 e. The zero-order valence-electron chi connectivity index (χ0n) is 7.72. The summed E-state index contributed by atoms with van der Waals surface area (Å²) in [5, 5.41) is 9.05. The highest BCUT2D eigenvalue weighted by atomic mass is 16.3. The summed E-state index contributed by atoms with van der Waals surface area (Å²) in [6, 6.07) is 0. The first-order chi connectivity index (χ1) is 4.95. The molecule has 0 bridgehead atoms. The molecule has 0 rings (SSSR count). The van der Waals surface area contributed by atoms with E-state index in [4.69, 9.17) is 5.11 Å². The summed E-state index contributed by atoms with van der Waals surface area (Å²) in [5.41, 5.74) is 0.957. The van der Waals surface area contributed by atoms with E-state index in [1.807, 2.05) is 13.0 Å². The SMILES string of the molecule is C=CC(C)(C)C(CO)C(=C)C. The molecule has 0 aliphatic carbocycles. The van der Waals surface area contributed by atoms with Crippen molar-refractivity contribution in [1.29, 1.82) is 0 Å². The van der Waals surface area contributed by atoms with Crippen LogP contribution in [-0.4, -0.2) is 11.7 Å². The highest BCUT2D eigenvalue weighted by Gasteiger charge is 2.25. The number of aliphatic hydroxyl groups is 1. The number of rotatable bonds is 4. The average molecular weight is 154 g/mol. The Morgan fingerprint density at radius 2 is 2.09 bits per heavy atom. The minimum Gasteiger partial charge on any atom is -0.396 e. The van der Waals surface area contributed by atoms with Crippen molar-refractivity contribution >= 4 is 0 Å². The fourth-order valence-electron chi connectivity index (χ4n) is 1.17. The second-order valence-corrected chi connectivity index (χ2v) is 3.61. The van der Waals surface area contributed by atoms with Crippen LogP contribution in [0.15, 0.2) is 24.8 Å². The molecule has 0 aromatic carbocycles. The summed E-state index contributed by atoms with van der Waals surface area (Å²) in [7, 11) is 0. The lowest BCUT2D eigenvalue weighted by atomic mass is 9.76. The predicted molar refractivity (Wildman–Crippen MR) is 49.4 cm³/mol. The Morgan fingerprint density at radius 1 is 1.64 bits per heavy atom. The van der Waals surface area contributed by atoms with E-state index in [0.29, 0.717) is 0 Å². The van der Waals surface area contributed by atoms with Crippen molar-refractivity contribution in [3.8, 4) is 0 Å². The van der Waals surface area contributed by atoms with Crippen molar-refractivity contribution < 1.29 is 5.11 Å². The molecule has 0 saturated carbocycles. The highest BCUT2D eigenvalue weighted by Crippen LogP contribution is 2.31.